The van der Waals surface area contributed by atoms with Gasteiger partial charge in [-0.15, -0.1) is 0 Å². The molecule has 0 saturated heterocycles. The van der Waals surface area contributed by atoms with Crippen LogP contribution in [0.2, 0.25) is 5.02 Å². The first-order chi connectivity index (χ1) is 9.92. The van der Waals surface area contributed by atoms with Gasteiger partial charge in [0.25, 0.3) is 0 Å². The molecule has 1 amide bonds. The maximum atomic E-state index is 11.9. The third-order valence-electron chi connectivity index (χ3n) is 2.96. The largest absolute Gasteiger partial charge is 0.480 e. The number of rotatable bonds is 8. The Hall–Kier alpha value is -1.59. The quantitative estimate of drug-likeness (QED) is 0.689. The van der Waals surface area contributed by atoms with Gasteiger partial charge in [0.05, 0.1) is 0 Å². The summed E-state index contributed by atoms with van der Waals surface area (Å²) in [5, 5.41) is 15.3. The molecule has 1 aromatic carbocycles. The van der Waals surface area contributed by atoms with Crippen LogP contribution < -0.4 is 10.6 Å². The van der Waals surface area contributed by atoms with Gasteiger partial charge in [0.15, 0.2) is 0 Å². The van der Waals surface area contributed by atoms with Gasteiger partial charge in [-0.2, -0.15) is 0 Å². The summed E-state index contributed by atoms with van der Waals surface area (Å²) in [6.07, 6.45) is 1.50. The Morgan fingerprint density at radius 3 is 2.67 bits per heavy atom. The van der Waals surface area contributed by atoms with E-state index in [1.54, 1.807) is 31.2 Å². The van der Waals surface area contributed by atoms with Crippen LogP contribution in [0.1, 0.15) is 33.1 Å². The van der Waals surface area contributed by atoms with E-state index < -0.39 is 12.0 Å². The van der Waals surface area contributed by atoms with Crippen molar-refractivity contribution >= 4 is 29.2 Å². The molecule has 0 bridgehead atoms. The summed E-state index contributed by atoms with van der Waals surface area (Å²) in [5.74, 6) is -1.07. The number of carbonyl (C=O) groups excluding carboxylic acids is 1. The lowest BCUT2D eigenvalue weighted by molar-refractivity contribution is -0.140. The van der Waals surface area contributed by atoms with E-state index in [9.17, 15) is 9.59 Å². The Kier molecular flexibility index (Phi) is 7.19. The molecule has 2 unspecified atom stereocenters. The number of carboxylic acids is 1. The molecule has 0 aromatic heterocycles. The lowest BCUT2D eigenvalue weighted by atomic mass is 10.1. The minimum atomic E-state index is -0.890. The Morgan fingerprint density at radius 1 is 1.38 bits per heavy atom. The second kappa shape index (κ2) is 8.64. The summed E-state index contributed by atoms with van der Waals surface area (Å²) in [6.45, 7) is 3.72. The molecule has 0 saturated carbocycles. The Bertz CT molecular complexity index is 494. The predicted molar refractivity (Wildman–Crippen MR) is 83.6 cm³/mol. The summed E-state index contributed by atoms with van der Waals surface area (Å²) < 4.78 is 0. The Morgan fingerprint density at radius 2 is 2.10 bits per heavy atom. The van der Waals surface area contributed by atoms with E-state index in [1.165, 1.54) is 0 Å². The lowest BCUT2D eigenvalue weighted by Gasteiger charge is -2.19. The molecule has 0 heterocycles. The molecule has 0 spiro atoms. The first-order valence-electron chi connectivity index (χ1n) is 6.96. The summed E-state index contributed by atoms with van der Waals surface area (Å²) in [6, 6.07) is 6.04. The van der Waals surface area contributed by atoms with Gasteiger partial charge in [0, 0.05) is 23.2 Å². The zero-order valence-corrected chi connectivity index (χ0v) is 13.0. The van der Waals surface area contributed by atoms with Gasteiger partial charge in [0.2, 0.25) is 5.91 Å². The maximum Gasteiger partial charge on any atom is 0.320 e. The molecular weight excluding hydrogens is 292 g/mol. The van der Waals surface area contributed by atoms with Crippen LogP contribution in [0.4, 0.5) is 5.69 Å². The zero-order chi connectivity index (χ0) is 15.8. The van der Waals surface area contributed by atoms with E-state index in [-0.39, 0.29) is 18.4 Å². The fraction of sp³-hybridized carbons (Fsp3) is 0.467. The summed E-state index contributed by atoms with van der Waals surface area (Å²) >= 11 is 5.84. The molecule has 21 heavy (non-hydrogen) atoms. The van der Waals surface area contributed by atoms with E-state index in [0.717, 1.165) is 6.42 Å². The number of carboxylic acid groups (broad SMARTS) is 1. The molecule has 0 fully saturated rings. The Balaban J connectivity index is 2.48. The van der Waals surface area contributed by atoms with E-state index in [4.69, 9.17) is 16.7 Å². The molecule has 5 nitrogen and oxygen atoms in total. The first kappa shape index (κ1) is 17.5. The molecular formula is C15H21ClN2O3. The number of carbonyl (C=O) groups is 2. The standard InChI is InChI=1S/C15H21ClN2O3/c1-3-5-13(15(20)21)17-10(2)8-14(19)18-12-7-4-6-11(16)9-12/h4,6-7,9-10,13,17H,3,5,8H2,1-2H3,(H,18,19)(H,20,21). The minimum Gasteiger partial charge on any atom is -0.480 e. The van der Waals surface area contributed by atoms with E-state index >= 15 is 0 Å². The maximum absolute atomic E-state index is 11.9. The van der Waals surface area contributed by atoms with Gasteiger partial charge in [-0.3, -0.25) is 9.59 Å². The zero-order valence-electron chi connectivity index (χ0n) is 12.2. The summed E-state index contributed by atoms with van der Waals surface area (Å²) in [5.41, 5.74) is 0.628. The number of amides is 1. The van der Waals surface area contributed by atoms with Crippen molar-refractivity contribution in [3.05, 3.63) is 29.3 Å². The first-order valence-corrected chi connectivity index (χ1v) is 7.34. The molecule has 1 aromatic rings. The SMILES string of the molecule is CCCC(NC(C)CC(=O)Nc1cccc(Cl)c1)C(=O)O. The van der Waals surface area contributed by atoms with E-state index in [0.29, 0.717) is 17.1 Å². The van der Waals surface area contributed by atoms with Crippen LogP contribution in [-0.2, 0) is 9.59 Å². The van der Waals surface area contributed by atoms with Crippen LogP contribution >= 0.6 is 11.6 Å². The van der Waals surface area contributed by atoms with E-state index in [1.807, 2.05) is 6.92 Å². The van der Waals surface area contributed by atoms with Gasteiger partial charge in [-0.05, 0) is 31.5 Å². The molecule has 0 aliphatic rings. The van der Waals surface area contributed by atoms with Crippen molar-refractivity contribution in [2.45, 2.75) is 45.2 Å². The molecule has 6 heteroatoms. The van der Waals surface area contributed by atoms with Gasteiger partial charge in [-0.25, -0.2) is 0 Å². The highest BCUT2D eigenvalue weighted by Gasteiger charge is 2.19. The fourth-order valence-electron chi connectivity index (χ4n) is 2.03. The Labute approximate surface area is 129 Å². The molecule has 2 atom stereocenters. The highest BCUT2D eigenvalue weighted by atomic mass is 35.5. The van der Waals surface area contributed by atoms with Gasteiger partial charge < -0.3 is 15.7 Å². The lowest BCUT2D eigenvalue weighted by Crippen LogP contribution is -2.43. The number of hydrogen-bond donors (Lipinski definition) is 3. The normalized spacial score (nSPS) is 13.5. The average molecular weight is 313 g/mol. The van der Waals surface area contributed by atoms with Crippen molar-refractivity contribution in [3.63, 3.8) is 0 Å². The van der Waals surface area contributed by atoms with Gasteiger partial charge in [-0.1, -0.05) is 31.0 Å². The summed E-state index contributed by atoms with van der Waals surface area (Å²) in [7, 11) is 0. The number of nitrogens with one attached hydrogen (secondary N) is 2. The third kappa shape index (κ3) is 6.60. The predicted octanol–water partition coefficient (Wildman–Crippen LogP) is 2.90. The topological polar surface area (TPSA) is 78.4 Å². The molecule has 1 rings (SSSR count). The van der Waals surface area contributed by atoms with Crippen LogP contribution in [0.3, 0.4) is 0 Å². The molecule has 3 N–H and O–H groups in total. The highest BCUT2D eigenvalue weighted by molar-refractivity contribution is 6.30. The van der Waals surface area contributed by atoms with Gasteiger partial charge in [0.1, 0.15) is 6.04 Å². The number of hydrogen-bond acceptors (Lipinski definition) is 3. The van der Waals surface area contributed by atoms with Crippen LogP contribution in [0.25, 0.3) is 0 Å². The molecule has 0 aliphatic carbocycles. The number of anilines is 1. The number of benzene rings is 1. The van der Waals surface area contributed by atoms with Crippen molar-refractivity contribution in [2.75, 3.05) is 5.32 Å². The van der Waals surface area contributed by atoms with Crippen molar-refractivity contribution in [2.24, 2.45) is 0 Å². The van der Waals surface area contributed by atoms with Crippen molar-refractivity contribution in [1.29, 1.82) is 0 Å². The number of halogens is 1. The van der Waals surface area contributed by atoms with Crippen molar-refractivity contribution in [1.82, 2.24) is 5.32 Å². The van der Waals surface area contributed by atoms with Crippen LogP contribution in [0.5, 0.6) is 0 Å². The van der Waals surface area contributed by atoms with Crippen LogP contribution in [0, 0.1) is 0 Å². The monoisotopic (exact) mass is 312 g/mol. The minimum absolute atomic E-state index is 0.182. The highest BCUT2D eigenvalue weighted by Crippen LogP contribution is 2.15. The smallest absolute Gasteiger partial charge is 0.320 e. The third-order valence-corrected chi connectivity index (χ3v) is 3.20. The van der Waals surface area contributed by atoms with E-state index in [2.05, 4.69) is 10.6 Å². The number of aliphatic carboxylic acids is 1. The van der Waals surface area contributed by atoms with Crippen molar-refractivity contribution in [3.8, 4) is 0 Å². The van der Waals surface area contributed by atoms with Crippen LogP contribution in [0.15, 0.2) is 24.3 Å². The average Bonchev–Trinajstić information content (AvgIpc) is 2.37. The molecule has 0 aliphatic heterocycles. The summed E-state index contributed by atoms with van der Waals surface area (Å²) in [4.78, 5) is 23.0. The molecule has 0 radical (unpaired) electrons. The second-order valence-corrected chi connectivity index (χ2v) is 5.45. The fourth-order valence-corrected chi connectivity index (χ4v) is 2.22. The van der Waals surface area contributed by atoms with Crippen LogP contribution in [-0.4, -0.2) is 29.1 Å². The molecule has 116 valence electrons. The van der Waals surface area contributed by atoms with Crippen molar-refractivity contribution < 1.29 is 14.7 Å². The van der Waals surface area contributed by atoms with Gasteiger partial charge >= 0.3 is 5.97 Å². The second-order valence-electron chi connectivity index (χ2n) is 5.01.